The topological polar surface area (TPSA) is 40.5 Å². The zero-order valence-electron chi connectivity index (χ0n) is 25.9. The normalized spacial score (nSPS) is 18.9. The summed E-state index contributed by atoms with van der Waals surface area (Å²) in [4.78, 5) is 15.3. The van der Waals surface area contributed by atoms with Crippen LogP contribution in [0, 0.1) is 12.8 Å². The average Bonchev–Trinajstić information content (AvgIpc) is 3.12. The number of halogens is 6. The summed E-state index contributed by atoms with van der Waals surface area (Å²) in [6.07, 6.45) is -5.39. The van der Waals surface area contributed by atoms with Crippen LogP contribution < -0.4 is 4.90 Å². The van der Waals surface area contributed by atoms with Crippen LogP contribution >= 0.6 is 0 Å². The molecule has 0 aromatic heterocycles. The zero-order valence-corrected chi connectivity index (χ0v) is 25.9. The SMILES string of the molecule is C=C(/C=C1/C(=O)C(/C=C2\N(CCC(C)C)c3ccc(C(F)(F)F)cc3C2(C)C)=C1O)C(C)(C)c1cc(C(F)(F)F)ccc1C. The van der Waals surface area contributed by atoms with Gasteiger partial charge < -0.3 is 10.0 Å². The summed E-state index contributed by atoms with van der Waals surface area (Å²) in [6, 6.07) is 7.11. The Labute approximate surface area is 254 Å². The molecule has 2 aliphatic rings. The van der Waals surface area contributed by atoms with Crippen LogP contribution in [0.4, 0.5) is 32.0 Å². The van der Waals surface area contributed by atoms with Gasteiger partial charge in [-0.2, -0.15) is 26.3 Å². The number of anilines is 1. The number of benzene rings is 2. The lowest BCUT2D eigenvalue weighted by Crippen LogP contribution is -2.30. The van der Waals surface area contributed by atoms with E-state index in [1.807, 2.05) is 18.7 Å². The number of alkyl halides is 6. The molecular formula is C35H37F6NO2. The van der Waals surface area contributed by atoms with Crippen LogP contribution in [0.1, 0.15) is 75.8 Å². The van der Waals surface area contributed by atoms with Gasteiger partial charge in [-0.3, -0.25) is 4.79 Å². The van der Waals surface area contributed by atoms with Crippen molar-refractivity contribution in [3.8, 4) is 0 Å². The standard InChI is InChI=1S/C35H37F6NO2/c1-19(2)13-14-42-28-12-11-23(35(39,40)41)17-27(28)33(7,8)29(42)18-25-30(43)24(31(25)44)15-21(4)32(5,6)26-16-22(34(36,37)38)10-9-20(26)3/h9-12,15-19,43H,4,13-14H2,1-3,5-8H3/b24-15+,29-18-. The fourth-order valence-electron chi connectivity index (χ4n) is 5.79. The molecular weight excluding hydrogens is 580 g/mol. The van der Waals surface area contributed by atoms with Crippen LogP contribution in [-0.4, -0.2) is 17.4 Å². The van der Waals surface area contributed by atoms with Crippen LogP contribution in [0.15, 0.2) is 83.3 Å². The summed E-state index contributed by atoms with van der Waals surface area (Å²) >= 11 is 0. The van der Waals surface area contributed by atoms with Gasteiger partial charge in [-0.15, -0.1) is 0 Å². The summed E-state index contributed by atoms with van der Waals surface area (Å²) in [6.45, 7) is 17.2. The third-order valence-electron chi connectivity index (χ3n) is 8.79. The Balaban J connectivity index is 1.74. The lowest BCUT2D eigenvalue weighted by atomic mass is 9.73. The van der Waals surface area contributed by atoms with Crippen molar-refractivity contribution in [3.63, 3.8) is 0 Å². The van der Waals surface area contributed by atoms with Gasteiger partial charge in [0.05, 0.1) is 22.3 Å². The Morgan fingerprint density at radius 3 is 2.11 bits per heavy atom. The number of aliphatic hydroxyl groups excluding tert-OH is 1. The number of allylic oxidation sites excluding steroid dienone is 6. The van der Waals surface area contributed by atoms with Crippen molar-refractivity contribution in [3.05, 3.63) is 111 Å². The Morgan fingerprint density at radius 2 is 1.57 bits per heavy atom. The van der Waals surface area contributed by atoms with E-state index in [9.17, 15) is 36.2 Å². The first-order chi connectivity index (χ1) is 20.1. The number of Topliss-reactive ketones (excluding diaryl/α,β-unsaturated/α-hetero) is 1. The predicted octanol–water partition coefficient (Wildman–Crippen LogP) is 9.92. The zero-order chi connectivity index (χ0) is 33.2. The van der Waals surface area contributed by atoms with Crippen LogP contribution in [0.25, 0.3) is 0 Å². The van der Waals surface area contributed by atoms with E-state index in [-0.39, 0.29) is 16.9 Å². The van der Waals surface area contributed by atoms with E-state index in [1.54, 1.807) is 34.6 Å². The second-order valence-corrected chi connectivity index (χ2v) is 13.0. The average molecular weight is 618 g/mol. The van der Waals surface area contributed by atoms with Crippen molar-refractivity contribution in [1.29, 1.82) is 0 Å². The van der Waals surface area contributed by atoms with E-state index in [4.69, 9.17) is 0 Å². The first-order valence-electron chi connectivity index (χ1n) is 14.4. The molecule has 0 unspecified atom stereocenters. The van der Waals surface area contributed by atoms with Crippen molar-refractivity contribution in [2.45, 2.75) is 78.1 Å². The highest BCUT2D eigenvalue weighted by atomic mass is 19.4. The lowest BCUT2D eigenvalue weighted by Gasteiger charge is -2.31. The minimum Gasteiger partial charge on any atom is -0.506 e. The van der Waals surface area contributed by atoms with Gasteiger partial charge in [0, 0.05) is 28.8 Å². The van der Waals surface area contributed by atoms with E-state index in [1.165, 1.54) is 24.3 Å². The minimum atomic E-state index is -4.53. The predicted molar refractivity (Wildman–Crippen MR) is 160 cm³/mol. The molecule has 0 saturated heterocycles. The van der Waals surface area contributed by atoms with Gasteiger partial charge in [0.1, 0.15) is 5.76 Å². The highest BCUT2D eigenvalue weighted by Gasteiger charge is 2.44. The quantitative estimate of drug-likeness (QED) is 0.248. The number of carbonyl (C=O) groups is 1. The second-order valence-electron chi connectivity index (χ2n) is 13.0. The molecule has 0 bridgehead atoms. The summed E-state index contributed by atoms with van der Waals surface area (Å²) in [7, 11) is 0. The van der Waals surface area contributed by atoms with Gasteiger partial charge in [0.2, 0.25) is 5.78 Å². The molecule has 0 spiro atoms. The van der Waals surface area contributed by atoms with E-state index in [2.05, 4.69) is 6.58 Å². The number of carbonyl (C=O) groups excluding carboxylic acids is 1. The van der Waals surface area contributed by atoms with Crippen molar-refractivity contribution in [2.75, 3.05) is 11.4 Å². The molecule has 1 N–H and O–H groups in total. The van der Waals surface area contributed by atoms with Gasteiger partial charge in [0.15, 0.2) is 0 Å². The van der Waals surface area contributed by atoms with Gasteiger partial charge in [-0.25, -0.2) is 0 Å². The van der Waals surface area contributed by atoms with Crippen LogP contribution in [0.2, 0.25) is 0 Å². The molecule has 3 nitrogen and oxygen atoms in total. The maximum Gasteiger partial charge on any atom is 0.416 e. The van der Waals surface area contributed by atoms with Gasteiger partial charge >= 0.3 is 12.4 Å². The maximum absolute atomic E-state index is 13.6. The number of hydrogen-bond donors (Lipinski definition) is 1. The van der Waals surface area contributed by atoms with E-state index in [0.29, 0.717) is 46.1 Å². The smallest absolute Gasteiger partial charge is 0.416 e. The lowest BCUT2D eigenvalue weighted by molar-refractivity contribution is -0.138. The number of rotatable bonds is 7. The maximum atomic E-state index is 13.6. The van der Waals surface area contributed by atoms with Crippen molar-refractivity contribution >= 4 is 11.5 Å². The number of aryl methyl sites for hydroxylation is 1. The molecule has 236 valence electrons. The number of fused-ring (bicyclic) bond motifs is 1. The summed E-state index contributed by atoms with van der Waals surface area (Å²) in [5.74, 6) is -0.480. The molecule has 0 saturated carbocycles. The first-order valence-corrected chi connectivity index (χ1v) is 14.4. The van der Waals surface area contributed by atoms with E-state index in [0.717, 1.165) is 30.7 Å². The molecule has 0 amide bonds. The summed E-state index contributed by atoms with van der Waals surface area (Å²) in [5.41, 5.74) is -0.499. The molecule has 0 radical (unpaired) electrons. The highest BCUT2D eigenvalue weighted by molar-refractivity contribution is 6.21. The second kappa shape index (κ2) is 11.0. The molecule has 4 rings (SSSR count). The van der Waals surface area contributed by atoms with E-state index < -0.39 is 40.1 Å². The van der Waals surface area contributed by atoms with Crippen molar-refractivity contribution in [2.24, 2.45) is 5.92 Å². The first kappa shape index (κ1) is 33.1. The van der Waals surface area contributed by atoms with Gasteiger partial charge in [-0.1, -0.05) is 54.2 Å². The Hall–Kier alpha value is -3.75. The number of nitrogens with zero attached hydrogens (tertiary/aromatic N) is 1. The minimum absolute atomic E-state index is 0.0126. The molecule has 1 aliphatic heterocycles. The van der Waals surface area contributed by atoms with Crippen LogP contribution in [0.3, 0.4) is 0 Å². The molecule has 0 fully saturated rings. The molecule has 1 heterocycles. The van der Waals surface area contributed by atoms with Crippen LogP contribution in [-0.2, 0) is 28.0 Å². The van der Waals surface area contributed by atoms with Gasteiger partial charge in [0.25, 0.3) is 0 Å². The molecule has 1 aliphatic carbocycles. The Morgan fingerprint density at radius 1 is 1.00 bits per heavy atom. The Bertz CT molecular complexity index is 1620. The molecule has 2 aromatic rings. The third-order valence-corrected chi connectivity index (χ3v) is 8.79. The number of hydrogen-bond acceptors (Lipinski definition) is 3. The van der Waals surface area contributed by atoms with Gasteiger partial charge in [-0.05, 0) is 84.0 Å². The van der Waals surface area contributed by atoms with E-state index >= 15 is 0 Å². The van der Waals surface area contributed by atoms with Crippen molar-refractivity contribution < 1.29 is 36.2 Å². The summed E-state index contributed by atoms with van der Waals surface area (Å²) < 4.78 is 81.0. The third kappa shape index (κ3) is 5.85. The van der Waals surface area contributed by atoms with Crippen molar-refractivity contribution in [1.82, 2.24) is 0 Å². The molecule has 44 heavy (non-hydrogen) atoms. The monoisotopic (exact) mass is 617 g/mol. The fraction of sp³-hybridized carbons (Fsp3) is 0.400. The molecule has 0 atom stereocenters. The molecule has 9 heteroatoms. The fourth-order valence-corrected chi connectivity index (χ4v) is 5.79. The van der Waals surface area contributed by atoms with Crippen LogP contribution in [0.5, 0.6) is 0 Å². The molecule has 2 aromatic carbocycles. The summed E-state index contributed by atoms with van der Waals surface area (Å²) in [5, 5.41) is 11.0. The highest BCUT2D eigenvalue weighted by Crippen LogP contribution is 2.51. The Kier molecular flexibility index (Phi) is 8.29. The largest absolute Gasteiger partial charge is 0.506 e. The number of ketones is 1. The number of aliphatic hydroxyl groups is 1.